The first-order valence-corrected chi connectivity index (χ1v) is 10.7. The molecule has 0 heterocycles. The Morgan fingerprint density at radius 1 is 0.905 bits per heavy atom. The van der Waals surface area contributed by atoms with Gasteiger partial charge in [0.2, 0.25) is 0 Å². The Bertz CT molecular complexity index is 536. The standard InChI is InChI=1S/C6H11F6NO5S2Si/c1-4-18-21(2,3)13(19(14,15)5(7,8)9)20(16,17)6(10,11)12/h4H2,1-3H3. The largest absolute Gasteiger partial charge is 0.512 e. The van der Waals surface area contributed by atoms with Crippen molar-refractivity contribution >= 4 is 28.5 Å². The minimum atomic E-state index is -6.80. The first-order chi connectivity index (χ1) is 8.93. The molecule has 0 N–H and O–H groups in total. The Hall–Kier alpha value is -0.383. The average Bonchev–Trinajstić information content (AvgIpc) is 2.10. The Kier molecular flexibility index (Phi) is 5.57. The molecule has 0 amide bonds. The monoisotopic (exact) mass is 383 g/mol. The summed E-state index contributed by atoms with van der Waals surface area (Å²) in [5.41, 5.74) is -12.5. The second kappa shape index (κ2) is 5.67. The maximum absolute atomic E-state index is 12.5. The predicted octanol–water partition coefficient (Wildman–Crippen LogP) is 1.73. The maximum Gasteiger partial charge on any atom is 0.512 e. The third-order valence-corrected chi connectivity index (χ3v) is 11.1. The van der Waals surface area contributed by atoms with Gasteiger partial charge in [-0.1, -0.05) is 3.38 Å². The highest BCUT2D eigenvalue weighted by atomic mass is 32.3. The summed E-state index contributed by atoms with van der Waals surface area (Å²) in [6.07, 6.45) is 0. The highest BCUT2D eigenvalue weighted by molar-refractivity contribution is 8.06. The van der Waals surface area contributed by atoms with Gasteiger partial charge in [-0.05, 0) is 20.0 Å². The van der Waals surface area contributed by atoms with Crippen molar-refractivity contribution in [2.75, 3.05) is 6.61 Å². The molecule has 0 radical (unpaired) electrons. The molecule has 15 heteroatoms. The highest BCUT2D eigenvalue weighted by Gasteiger charge is 2.66. The minimum Gasteiger partial charge on any atom is -0.402 e. The van der Waals surface area contributed by atoms with Gasteiger partial charge in [-0.2, -0.15) is 26.3 Å². The molecule has 128 valence electrons. The van der Waals surface area contributed by atoms with E-state index < -0.39 is 49.5 Å². The molecule has 0 aliphatic rings. The van der Waals surface area contributed by atoms with Crippen LogP contribution < -0.4 is 0 Å². The topological polar surface area (TPSA) is 80.8 Å². The van der Waals surface area contributed by atoms with Crippen molar-refractivity contribution in [3.63, 3.8) is 0 Å². The average molecular weight is 383 g/mol. The lowest BCUT2D eigenvalue weighted by molar-refractivity contribution is -0.0515. The summed E-state index contributed by atoms with van der Waals surface area (Å²) < 4.78 is 123. The number of rotatable bonds is 5. The van der Waals surface area contributed by atoms with E-state index in [1.54, 1.807) is 0 Å². The lowest BCUT2D eigenvalue weighted by Crippen LogP contribution is -2.62. The van der Waals surface area contributed by atoms with Gasteiger partial charge in [0.1, 0.15) is 0 Å². The summed E-state index contributed by atoms with van der Waals surface area (Å²) in [6.45, 7) is 1.86. The zero-order valence-corrected chi connectivity index (χ0v) is 13.4. The van der Waals surface area contributed by atoms with Gasteiger partial charge in [-0.25, -0.2) is 16.8 Å². The molecule has 0 fully saturated rings. The summed E-state index contributed by atoms with van der Waals surface area (Å²) in [5, 5.41) is 0. The second-order valence-electron chi connectivity index (χ2n) is 3.98. The summed E-state index contributed by atoms with van der Waals surface area (Å²) in [5.74, 6) is 0. The molecule has 0 aliphatic carbocycles. The lowest BCUT2D eigenvalue weighted by Gasteiger charge is -2.34. The van der Waals surface area contributed by atoms with Gasteiger partial charge in [-0.15, -0.1) is 0 Å². The normalized spacial score (nSPS) is 15.5. The quantitative estimate of drug-likeness (QED) is 0.534. The van der Waals surface area contributed by atoms with E-state index in [-0.39, 0.29) is 0 Å². The van der Waals surface area contributed by atoms with Crippen LogP contribution in [-0.4, -0.2) is 46.3 Å². The van der Waals surface area contributed by atoms with Crippen LogP contribution in [0.2, 0.25) is 13.1 Å². The molecule has 0 atom stereocenters. The van der Waals surface area contributed by atoms with Crippen molar-refractivity contribution < 1.29 is 47.6 Å². The van der Waals surface area contributed by atoms with Crippen molar-refractivity contribution in [3.8, 4) is 0 Å². The van der Waals surface area contributed by atoms with Gasteiger partial charge in [-0.3, -0.25) is 0 Å². The zero-order valence-electron chi connectivity index (χ0n) is 10.8. The van der Waals surface area contributed by atoms with Crippen molar-refractivity contribution in [2.24, 2.45) is 0 Å². The number of halogens is 6. The SMILES string of the molecule is CCO[Si](C)(C)N(S(=O)(=O)C(F)(F)F)S(=O)(=O)C(F)(F)F. The van der Waals surface area contributed by atoms with E-state index in [4.69, 9.17) is 0 Å². The van der Waals surface area contributed by atoms with Crippen LogP contribution in [0, 0.1) is 0 Å². The Balaban J connectivity index is 6.50. The van der Waals surface area contributed by atoms with E-state index >= 15 is 0 Å². The second-order valence-corrected chi connectivity index (χ2v) is 12.0. The van der Waals surface area contributed by atoms with E-state index in [1.165, 1.54) is 0 Å². The third-order valence-electron chi connectivity index (χ3n) is 1.96. The molecule has 0 aromatic heterocycles. The van der Waals surface area contributed by atoms with Crippen LogP contribution >= 0.6 is 0 Å². The summed E-state index contributed by atoms with van der Waals surface area (Å²) in [7, 11) is -18.2. The molecule has 0 aliphatic heterocycles. The smallest absolute Gasteiger partial charge is 0.402 e. The summed E-state index contributed by atoms with van der Waals surface area (Å²) >= 11 is 0. The molecule has 0 aromatic rings. The fourth-order valence-corrected chi connectivity index (χ4v) is 9.60. The van der Waals surface area contributed by atoms with Crippen LogP contribution in [0.4, 0.5) is 26.3 Å². The fraction of sp³-hybridized carbons (Fsp3) is 1.00. The maximum atomic E-state index is 12.5. The number of alkyl halides is 6. The van der Waals surface area contributed by atoms with Crippen molar-refractivity contribution in [1.82, 2.24) is 3.38 Å². The van der Waals surface area contributed by atoms with Crippen LogP contribution in [0.3, 0.4) is 0 Å². The van der Waals surface area contributed by atoms with E-state index in [1.807, 2.05) is 0 Å². The van der Waals surface area contributed by atoms with E-state index in [9.17, 15) is 43.2 Å². The summed E-state index contributed by atoms with van der Waals surface area (Å²) in [6, 6.07) is 0. The molecule has 0 spiro atoms. The first kappa shape index (κ1) is 20.6. The van der Waals surface area contributed by atoms with Crippen molar-refractivity contribution in [1.29, 1.82) is 0 Å². The van der Waals surface area contributed by atoms with Gasteiger partial charge in [0.05, 0.1) is 0 Å². The van der Waals surface area contributed by atoms with Gasteiger partial charge in [0, 0.05) is 6.61 Å². The molecule has 0 saturated heterocycles. The number of nitrogens with zero attached hydrogens (tertiary/aromatic N) is 1. The molecule has 0 aromatic carbocycles. The third kappa shape index (κ3) is 3.88. The first-order valence-electron chi connectivity index (χ1n) is 5.00. The van der Waals surface area contributed by atoms with Crippen LogP contribution in [-0.2, 0) is 24.5 Å². The van der Waals surface area contributed by atoms with Gasteiger partial charge in [0.15, 0.2) is 0 Å². The Labute approximate surface area is 118 Å². The van der Waals surface area contributed by atoms with Crippen LogP contribution in [0.15, 0.2) is 0 Å². The molecule has 0 bridgehead atoms. The minimum absolute atomic E-state index is 0.476. The molecule has 21 heavy (non-hydrogen) atoms. The van der Waals surface area contributed by atoms with E-state index in [2.05, 4.69) is 4.43 Å². The van der Waals surface area contributed by atoms with Gasteiger partial charge in [0.25, 0.3) is 8.48 Å². The number of hydrogen-bond acceptors (Lipinski definition) is 5. The van der Waals surface area contributed by atoms with E-state index in [0.29, 0.717) is 13.1 Å². The van der Waals surface area contributed by atoms with Crippen LogP contribution in [0.25, 0.3) is 0 Å². The molecule has 0 unspecified atom stereocenters. The van der Waals surface area contributed by atoms with Crippen LogP contribution in [0.1, 0.15) is 6.92 Å². The Morgan fingerprint density at radius 2 is 1.19 bits per heavy atom. The van der Waals surface area contributed by atoms with Gasteiger partial charge < -0.3 is 4.43 Å². The van der Waals surface area contributed by atoms with Gasteiger partial charge >= 0.3 is 31.1 Å². The summed E-state index contributed by atoms with van der Waals surface area (Å²) in [4.78, 5) is 0. The molecular formula is C6H11F6NO5S2Si. The highest BCUT2D eigenvalue weighted by Crippen LogP contribution is 2.38. The lowest BCUT2D eigenvalue weighted by atomic mass is 10.9. The number of sulfonamides is 2. The molecule has 6 nitrogen and oxygen atoms in total. The van der Waals surface area contributed by atoms with Crippen LogP contribution in [0.5, 0.6) is 0 Å². The van der Waals surface area contributed by atoms with Crippen molar-refractivity contribution in [2.45, 2.75) is 31.0 Å². The zero-order chi connectivity index (χ0) is 17.5. The fourth-order valence-electron chi connectivity index (χ4n) is 1.30. The molecule has 0 rings (SSSR count). The molecular weight excluding hydrogens is 372 g/mol. The molecule has 0 saturated carbocycles. The Morgan fingerprint density at radius 3 is 1.38 bits per heavy atom. The number of hydrogen-bond donors (Lipinski definition) is 0. The van der Waals surface area contributed by atoms with Crippen molar-refractivity contribution in [3.05, 3.63) is 0 Å². The predicted molar refractivity (Wildman–Crippen MR) is 60.9 cm³/mol. The van der Waals surface area contributed by atoms with E-state index in [0.717, 1.165) is 6.92 Å².